The maximum atomic E-state index is 11.9. The van der Waals surface area contributed by atoms with E-state index in [9.17, 15) is 4.79 Å². The number of Topliss-reactive ketones (excluding diaryl/α,β-unsaturated/α-hetero) is 1. The van der Waals surface area contributed by atoms with Crippen LogP contribution in [0, 0.1) is 11.3 Å². The minimum Gasteiger partial charge on any atom is -0.299 e. The highest BCUT2D eigenvalue weighted by Gasteiger charge is 2.41. The lowest BCUT2D eigenvalue weighted by Crippen LogP contribution is -2.37. The summed E-state index contributed by atoms with van der Waals surface area (Å²) >= 11 is 0. The Kier molecular flexibility index (Phi) is 3.23. The largest absolute Gasteiger partial charge is 0.299 e. The number of rotatable bonds is 1. The average Bonchev–Trinajstić information content (AvgIpc) is 2.48. The summed E-state index contributed by atoms with van der Waals surface area (Å²) in [5.41, 5.74) is 3.26. The van der Waals surface area contributed by atoms with Gasteiger partial charge in [-0.25, -0.2) is 0 Å². The Balaban J connectivity index is 2.30. The predicted octanol–water partition coefficient (Wildman–Crippen LogP) is 4.27. The van der Waals surface area contributed by atoms with Gasteiger partial charge in [-0.15, -0.1) is 0 Å². The molecule has 90 valence electrons. The number of hydrogen-bond donors (Lipinski definition) is 0. The molecular weight excluding hydrogens is 196 g/mol. The van der Waals surface area contributed by atoms with Crippen molar-refractivity contribution < 1.29 is 4.79 Å². The number of carbonyl (C=O) groups excluding carboxylic acids is 1. The van der Waals surface area contributed by atoms with Gasteiger partial charge in [-0.3, -0.25) is 4.79 Å². The smallest absolute Gasteiger partial charge is 0.136 e. The third kappa shape index (κ3) is 1.85. The van der Waals surface area contributed by atoms with Gasteiger partial charge in [0.15, 0.2) is 0 Å². The maximum absolute atomic E-state index is 11.9. The molecule has 0 N–H and O–H groups in total. The zero-order valence-corrected chi connectivity index (χ0v) is 10.9. The Hall–Kier alpha value is -0.590. The van der Waals surface area contributed by atoms with Crippen LogP contribution in [0.3, 0.4) is 0 Å². The minimum atomic E-state index is -0.0802. The summed E-state index contributed by atoms with van der Waals surface area (Å²) in [6.07, 6.45) is 8.86. The number of ketones is 1. The fourth-order valence-electron chi connectivity index (χ4n) is 3.47. The van der Waals surface area contributed by atoms with E-state index in [0.717, 1.165) is 6.42 Å². The minimum absolute atomic E-state index is 0.0802. The number of carbonyl (C=O) groups is 1. The lowest BCUT2D eigenvalue weighted by molar-refractivity contribution is -0.128. The summed E-state index contributed by atoms with van der Waals surface area (Å²) in [6.45, 7) is 6.23. The molecule has 0 saturated heterocycles. The normalized spacial score (nSPS) is 35.6. The molecule has 2 aliphatic carbocycles. The first-order valence-electron chi connectivity index (χ1n) is 6.77. The second-order valence-electron chi connectivity index (χ2n) is 5.88. The standard InChI is InChI=1S/C15H24O/c1-11-14-8-6-4-5-7-13(14)9-10-15(11,3)12(2)16/h11H,4-10H2,1-3H3/t11-,15+/m1/s1. The number of hydrogen-bond acceptors (Lipinski definition) is 1. The summed E-state index contributed by atoms with van der Waals surface area (Å²) in [6, 6.07) is 0. The molecule has 0 aromatic heterocycles. The first-order chi connectivity index (χ1) is 7.55. The van der Waals surface area contributed by atoms with E-state index in [1.165, 1.54) is 38.5 Å². The van der Waals surface area contributed by atoms with Gasteiger partial charge in [0.05, 0.1) is 0 Å². The van der Waals surface area contributed by atoms with Gasteiger partial charge in [0.1, 0.15) is 5.78 Å². The second-order valence-corrected chi connectivity index (χ2v) is 5.88. The van der Waals surface area contributed by atoms with Crippen LogP contribution >= 0.6 is 0 Å². The van der Waals surface area contributed by atoms with E-state index < -0.39 is 0 Å². The van der Waals surface area contributed by atoms with Crippen molar-refractivity contribution >= 4 is 5.78 Å². The van der Waals surface area contributed by atoms with Gasteiger partial charge in [-0.1, -0.05) is 31.4 Å². The molecule has 0 saturated carbocycles. The molecule has 16 heavy (non-hydrogen) atoms. The molecule has 2 aliphatic rings. The Labute approximate surface area is 99.3 Å². The predicted molar refractivity (Wildman–Crippen MR) is 67.3 cm³/mol. The molecule has 1 nitrogen and oxygen atoms in total. The van der Waals surface area contributed by atoms with Crippen LogP contribution in [0.5, 0.6) is 0 Å². The lowest BCUT2D eigenvalue weighted by Gasteiger charge is -2.40. The second kappa shape index (κ2) is 4.35. The van der Waals surface area contributed by atoms with Gasteiger partial charge < -0.3 is 0 Å². The highest BCUT2D eigenvalue weighted by atomic mass is 16.1. The highest BCUT2D eigenvalue weighted by Crippen LogP contribution is 2.48. The van der Waals surface area contributed by atoms with Crippen molar-refractivity contribution in [1.82, 2.24) is 0 Å². The van der Waals surface area contributed by atoms with Crippen LogP contribution < -0.4 is 0 Å². The van der Waals surface area contributed by atoms with Gasteiger partial charge in [0.25, 0.3) is 0 Å². The van der Waals surface area contributed by atoms with Crippen LogP contribution in [-0.2, 0) is 4.79 Å². The van der Waals surface area contributed by atoms with E-state index in [1.54, 1.807) is 18.1 Å². The maximum Gasteiger partial charge on any atom is 0.136 e. The van der Waals surface area contributed by atoms with Gasteiger partial charge in [0, 0.05) is 5.41 Å². The van der Waals surface area contributed by atoms with Crippen molar-refractivity contribution in [2.24, 2.45) is 11.3 Å². The molecule has 0 amide bonds. The Morgan fingerprint density at radius 1 is 1.19 bits per heavy atom. The Bertz CT molecular complexity index is 326. The van der Waals surface area contributed by atoms with Crippen molar-refractivity contribution in [2.75, 3.05) is 0 Å². The third-order valence-corrected chi connectivity index (χ3v) is 5.11. The Morgan fingerprint density at radius 3 is 2.56 bits per heavy atom. The molecule has 2 atom stereocenters. The zero-order valence-electron chi connectivity index (χ0n) is 10.9. The summed E-state index contributed by atoms with van der Waals surface area (Å²) in [5.74, 6) is 0.864. The average molecular weight is 220 g/mol. The molecule has 0 unspecified atom stereocenters. The summed E-state index contributed by atoms with van der Waals surface area (Å²) in [7, 11) is 0. The van der Waals surface area contributed by atoms with Crippen molar-refractivity contribution in [1.29, 1.82) is 0 Å². The van der Waals surface area contributed by atoms with Gasteiger partial charge in [-0.2, -0.15) is 0 Å². The van der Waals surface area contributed by atoms with Gasteiger partial charge in [-0.05, 0) is 51.4 Å². The fraction of sp³-hybridized carbons (Fsp3) is 0.800. The molecule has 2 rings (SSSR count). The number of allylic oxidation sites excluding steroid dienone is 2. The van der Waals surface area contributed by atoms with Crippen LogP contribution in [0.25, 0.3) is 0 Å². The van der Waals surface area contributed by atoms with Crippen LogP contribution in [0.15, 0.2) is 11.1 Å². The van der Waals surface area contributed by atoms with Gasteiger partial charge >= 0.3 is 0 Å². The summed E-state index contributed by atoms with van der Waals surface area (Å²) in [4.78, 5) is 11.9. The SMILES string of the molecule is CC(=O)[C@@]1(C)CCC2=C(CCCCC2)[C@H]1C. The van der Waals surface area contributed by atoms with E-state index in [0.29, 0.717) is 11.7 Å². The van der Waals surface area contributed by atoms with Crippen LogP contribution in [0.1, 0.15) is 65.7 Å². The highest BCUT2D eigenvalue weighted by molar-refractivity contribution is 5.83. The quantitative estimate of drug-likeness (QED) is 0.603. The zero-order chi connectivity index (χ0) is 11.8. The molecule has 0 bridgehead atoms. The molecule has 0 aromatic carbocycles. The summed E-state index contributed by atoms with van der Waals surface area (Å²) in [5, 5.41) is 0. The molecular formula is C15H24O. The van der Waals surface area contributed by atoms with Crippen molar-refractivity contribution in [2.45, 2.75) is 65.7 Å². The van der Waals surface area contributed by atoms with Crippen molar-refractivity contribution in [3.8, 4) is 0 Å². The van der Waals surface area contributed by atoms with E-state index in [1.807, 2.05) is 0 Å². The van der Waals surface area contributed by atoms with Crippen molar-refractivity contribution in [3.05, 3.63) is 11.1 Å². The van der Waals surface area contributed by atoms with E-state index >= 15 is 0 Å². The van der Waals surface area contributed by atoms with Gasteiger partial charge in [0.2, 0.25) is 0 Å². The monoisotopic (exact) mass is 220 g/mol. The topological polar surface area (TPSA) is 17.1 Å². The van der Waals surface area contributed by atoms with E-state index in [2.05, 4.69) is 13.8 Å². The first-order valence-corrected chi connectivity index (χ1v) is 6.77. The molecule has 1 heteroatoms. The van der Waals surface area contributed by atoms with Crippen LogP contribution in [-0.4, -0.2) is 5.78 Å². The molecule has 0 heterocycles. The molecule has 0 radical (unpaired) electrons. The first kappa shape index (κ1) is 11.9. The molecule has 0 spiro atoms. The van der Waals surface area contributed by atoms with Crippen LogP contribution in [0.2, 0.25) is 0 Å². The van der Waals surface area contributed by atoms with E-state index in [4.69, 9.17) is 0 Å². The Morgan fingerprint density at radius 2 is 1.88 bits per heavy atom. The lowest BCUT2D eigenvalue weighted by atomic mass is 9.63. The summed E-state index contributed by atoms with van der Waals surface area (Å²) < 4.78 is 0. The molecule has 0 aromatic rings. The van der Waals surface area contributed by atoms with Crippen LogP contribution in [0.4, 0.5) is 0 Å². The fourth-order valence-corrected chi connectivity index (χ4v) is 3.47. The molecule has 0 fully saturated rings. The molecule has 0 aliphatic heterocycles. The third-order valence-electron chi connectivity index (χ3n) is 5.11. The van der Waals surface area contributed by atoms with Crippen molar-refractivity contribution in [3.63, 3.8) is 0 Å². The van der Waals surface area contributed by atoms with E-state index in [-0.39, 0.29) is 5.41 Å².